The molecule has 0 radical (unpaired) electrons. The number of aliphatic carboxylic acids is 1. The molecule has 0 saturated heterocycles. The molecule has 3 unspecified atom stereocenters. The molecule has 2 aromatic heterocycles. The number of hydrogen-bond donors (Lipinski definition) is 3. The lowest BCUT2D eigenvalue weighted by atomic mass is 10.0. The Balaban J connectivity index is 2.02. The Morgan fingerprint density at radius 1 is 1.24 bits per heavy atom. The average molecular weight is 366 g/mol. The maximum atomic E-state index is 12.4. The van der Waals surface area contributed by atoms with Crippen molar-refractivity contribution in [3.8, 4) is 0 Å². The lowest BCUT2D eigenvalue weighted by Gasteiger charge is -2.20. The summed E-state index contributed by atoms with van der Waals surface area (Å²) in [4.78, 5) is 36.9. The minimum atomic E-state index is -0.987. The fourth-order valence-electron chi connectivity index (χ4n) is 2.34. The molecule has 0 aliphatic rings. The van der Waals surface area contributed by atoms with E-state index in [9.17, 15) is 14.4 Å². The minimum Gasteiger partial charge on any atom is -0.481 e. The highest BCUT2D eigenvalue weighted by molar-refractivity contribution is 7.20. The fraction of sp³-hybridized carbons (Fsp3) is 0.500. The number of nitrogens with zero attached hydrogens (tertiary/aromatic N) is 2. The third-order valence-corrected chi connectivity index (χ3v) is 5.37. The Bertz CT molecular complexity index is 791. The molecule has 0 spiro atoms. The standard InChI is InChI=1S/C16H22N4O4S/c1-7(16(23)24)8(2)17-13(21)10(4)18-14(22)12-6-11-9(3)19-20(5)15(11)25-12/h6-8,10H,1-5H3,(H,17,21)(H,18,22)(H,23,24). The second-order valence-electron chi connectivity index (χ2n) is 6.16. The SMILES string of the molecule is Cc1nn(C)c2sc(C(=O)NC(C)C(=O)NC(C)C(C)C(=O)O)cc12. The van der Waals surface area contributed by atoms with Crippen molar-refractivity contribution in [2.24, 2.45) is 13.0 Å². The van der Waals surface area contributed by atoms with Crippen LogP contribution < -0.4 is 10.6 Å². The monoisotopic (exact) mass is 366 g/mol. The highest BCUT2D eigenvalue weighted by Crippen LogP contribution is 2.27. The topological polar surface area (TPSA) is 113 Å². The van der Waals surface area contributed by atoms with Gasteiger partial charge in [-0.05, 0) is 33.8 Å². The number of carbonyl (C=O) groups excluding carboxylic acids is 2. The summed E-state index contributed by atoms with van der Waals surface area (Å²) in [7, 11) is 1.81. The van der Waals surface area contributed by atoms with Crippen LogP contribution in [0.5, 0.6) is 0 Å². The zero-order valence-corrected chi connectivity index (χ0v) is 15.6. The van der Waals surface area contributed by atoms with E-state index in [-0.39, 0.29) is 5.91 Å². The second-order valence-corrected chi connectivity index (χ2v) is 7.19. The van der Waals surface area contributed by atoms with Gasteiger partial charge in [-0.2, -0.15) is 5.10 Å². The molecule has 9 heteroatoms. The van der Waals surface area contributed by atoms with Gasteiger partial charge >= 0.3 is 5.97 Å². The average Bonchev–Trinajstić information content (AvgIpc) is 3.08. The number of amides is 2. The van der Waals surface area contributed by atoms with Crippen molar-refractivity contribution in [2.75, 3.05) is 0 Å². The van der Waals surface area contributed by atoms with Gasteiger partial charge in [-0.3, -0.25) is 19.1 Å². The van der Waals surface area contributed by atoms with E-state index < -0.39 is 29.9 Å². The molecule has 2 rings (SSSR count). The van der Waals surface area contributed by atoms with Crippen LogP contribution in [0.15, 0.2) is 6.07 Å². The molecule has 2 heterocycles. The van der Waals surface area contributed by atoms with E-state index in [1.54, 1.807) is 24.6 Å². The van der Waals surface area contributed by atoms with Gasteiger partial charge in [0.05, 0.1) is 16.5 Å². The van der Waals surface area contributed by atoms with E-state index in [1.807, 2.05) is 14.0 Å². The van der Waals surface area contributed by atoms with Crippen molar-refractivity contribution in [2.45, 2.75) is 39.8 Å². The van der Waals surface area contributed by atoms with Crippen LogP contribution in [0.4, 0.5) is 0 Å². The molecular weight excluding hydrogens is 344 g/mol. The first-order chi connectivity index (χ1) is 11.6. The Morgan fingerprint density at radius 2 is 1.88 bits per heavy atom. The number of carboxylic acid groups (broad SMARTS) is 1. The van der Waals surface area contributed by atoms with Crippen LogP contribution in [0.25, 0.3) is 10.2 Å². The number of aromatic nitrogens is 2. The molecule has 0 aliphatic carbocycles. The number of aryl methyl sites for hydroxylation is 2. The van der Waals surface area contributed by atoms with E-state index in [0.29, 0.717) is 4.88 Å². The molecule has 0 aromatic carbocycles. The summed E-state index contributed by atoms with van der Waals surface area (Å²) >= 11 is 1.31. The number of rotatable bonds is 6. The third kappa shape index (κ3) is 3.98. The van der Waals surface area contributed by atoms with E-state index in [1.165, 1.54) is 18.3 Å². The smallest absolute Gasteiger partial charge is 0.308 e. The number of carboxylic acids is 1. The maximum Gasteiger partial charge on any atom is 0.308 e. The first-order valence-electron chi connectivity index (χ1n) is 7.89. The Hall–Kier alpha value is -2.42. The van der Waals surface area contributed by atoms with Crippen LogP contribution in [-0.4, -0.2) is 44.8 Å². The number of hydrogen-bond acceptors (Lipinski definition) is 5. The van der Waals surface area contributed by atoms with Crippen LogP contribution in [0.1, 0.15) is 36.1 Å². The molecule has 0 bridgehead atoms. The van der Waals surface area contributed by atoms with Crippen LogP contribution in [-0.2, 0) is 16.6 Å². The van der Waals surface area contributed by atoms with Gasteiger partial charge in [0, 0.05) is 18.5 Å². The maximum absolute atomic E-state index is 12.4. The van der Waals surface area contributed by atoms with E-state index in [2.05, 4.69) is 15.7 Å². The number of thiophene rings is 1. The summed E-state index contributed by atoms with van der Waals surface area (Å²) in [5, 5.41) is 19.4. The van der Waals surface area contributed by atoms with Crippen molar-refractivity contribution >= 4 is 39.3 Å². The van der Waals surface area contributed by atoms with Gasteiger partial charge in [0.15, 0.2) is 0 Å². The largest absolute Gasteiger partial charge is 0.481 e. The summed E-state index contributed by atoms with van der Waals surface area (Å²) in [6.45, 7) is 6.57. The molecule has 136 valence electrons. The first-order valence-corrected chi connectivity index (χ1v) is 8.70. The molecular formula is C16H22N4O4S. The second kappa shape index (κ2) is 7.22. The first kappa shape index (κ1) is 18.9. The van der Waals surface area contributed by atoms with Crippen molar-refractivity contribution < 1.29 is 19.5 Å². The summed E-state index contributed by atoms with van der Waals surface area (Å²) in [5.74, 6) is -2.47. The zero-order valence-electron chi connectivity index (χ0n) is 14.8. The normalized spacial score (nSPS) is 14.8. The quantitative estimate of drug-likeness (QED) is 0.713. The summed E-state index contributed by atoms with van der Waals surface area (Å²) in [5.41, 5.74) is 0.843. The molecule has 0 saturated carbocycles. The van der Waals surface area contributed by atoms with Gasteiger partial charge < -0.3 is 15.7 Å². The van der Waals surface area contributed by atoms with Crippen molar-refractivity contribution in [3.05, 3.63) is 16.6 Å². The van der Waals surface area contributed by atoms with Gasteiger partial charge in [0.25, 0.3) is 5.91 Å². The fourth-order valence-corrected chi connectivity index (χ4v) is 3.36. The molecule has 2 aromatic rings. The van der Waals surface area contributed by atoms with Gasteiger partial charge in [0.1, 0.15) is 10.9 Å². The van der Waals surface area contributed by atoms with E-state index in [0.717, 1.165) is 15.9 Å². The lowest BCUT2D eigenvalue weighted by Crippen LogP contribution is -2.49. The molecule has 3 N–H and O–H groups in total. The van der Waals surface area contributed by atoms with Crippen LogP contribution in [0.2, 0.25) is 0 Å². The molecule has 0 fully saturated rings. The van der Waals surface area contributed by atoms with E-state index in [4.69, 9.17) is 5.11 Å². The van der Waals surface area contributed by atoms with Crippen LogP contribution in [0, 0.1) is 12.8 Å². The highest BCUT2D eigenvalue weighted by atomic mass is 32.1. The molecule has 8 nitrogen and oxygen atoms in total. The molecule has 25 heavy (non-hydrogen) atoms. The van der Waals surface area contributed by atoms with Gasteiger partial charge in [-0.25, -0.2) is 0 Å². The number of nitrogens with one attached hydrogen (secondary N) is 2. The highest BCUT2D eigenvalue weighted by Gasteiger charge is 2.25. The molecule has 3 atom stereocenters. The van der Waals surface area contributed by atoms with Gasteiger partial charge in [-0.1, -0.05) is 0 Å². The third-order valence-electron chi connectivity index (χ3n) is 4.17. The predicted octanol–water partition coefficient (Wildman–Crippen LogP) is 1.29. The van der Waals surface area contributed by atoms with Crippen molar-refractivity contribution in [1.82, 2.24) is 20.4 Å². The molecule has 0 aliphatic heterocycles. The van der Waals surface area contributed by atoms with Crippen LogP contribution in [0.3, 0.4) is 0 Å². The van der Waals surface area contributed by atoms with Crippen LogP contribution >= 0.6 is 11.3 Å². The zero-order chi connectivity index (χ0) is 18.9. The van der Waals surface area contributed by atoms with E-state index >= 15 is 0 Å². The lowest BCUT2D eigenvalue weighted by molar-refractivity contribution is -0.142. The summed E-state index contributed by atoms with van der Waals surface area (Å²) < 4.78 is 1.72. The molecule has 2 amide bonds. The summed E-state index contributed by atoms with van der Waals surface area (Å²) in [6, 6.07) is 0.444. The van der Waals surface area contributed by atoms with Crippen molar-refractivity contribution in [3.63, 3.8) is 0 Å². The Labute approximate surface area is 149 Å². The number of carbonyl (C=O) groups is 3. The summed E-state index contributed by atoms with van der Waals surface area (Å²) in [6.07, 6.45) is 0. The Morgan fingerprint density at radius 3 is 2.44 bits per heavy atom. The predicted molar refractivity (Wildman–Crippen MR) is 94.7 cm³/mol. The van der Waals surface area contributed by atoms with Crippen molar-refractivity contribution in [1.29, 1.82) is 0 Å². The Kier molecular flexibility index (Phi) is 5.46. The minimum absolute atomic E-state index is 0.345. The van der Waals surface area contributed by atoms with Gasteiger partial charge in [0.2, 0.25) is 5.91 Å². The number of fused-ring (bicyclic) bond motifs is 1. The van der Waals surface area contributed by atoms with Gasteiger partial charge in [-0.15, -0.1) is 11.3 Å².